The van der Waals surface area contributed by atoms with Crippen molar-refractivity contribution in [1.29, 1.82) is 0 Å². The molecule has 2 heteroatoms. The lowest BCUT2D eigenvalue weighted by Gasteiger charge is -2.29. The van der Waals surface area contributed by atoms with Gasteiger partial charge in [-0.3, -0.25) is 0 Å². The summed E-state index contributed by atoms with van der Waals surface area (Å²) in [5.74, 6) is 7.80. The van der Waals surface area contributed by atoms with E-state index >= 15 is 0 Å². The van der Waals surface area contributed by atoms with Crippen LogP contribution in [-0.2, 0) is 25.7 Å². The molecule has 0 aliphatic heterocycles. The van der Waals surface area contributed by atoms with E-state index in [4.69, 9.17) is 0 Å². The smallest absolute Gasteiger partial charge is 0.127 e. The summed E-state index contributed by atoms with van der Waals surface area (Å²) in [5, 5.41) is 16.9. The summed E-state index contributed by atoms with van der Waals surface area (Å²) >= 11 is 0. The van der Waals surface area contributed by atoms with Crippen molar-refractivity contribution in [2.24, 2.45) is 0 Å². The van der Waals surface area contributed by atoms with Crippen LogP contribution in [0.3, 0.4) is 0 Å². The molecule has 0 saturated heterocycles. The van der Waals surface area contributed by atoms with Crippen molar-refractivity contribution in [2.75, 3.05) is 0 Å². The molecule has 0 atom stereocenters. The molecule has 6 aromatic carbocycles. The molecule has 0 aromatic heterocycles. The van der Waals surface area contributed by atoms with Crippen molar-refractivity contribution < 1.29 is 0 Å². The molecule has 0 fully saturated rings. The SMILES string of the molecule is C[Si](C)(C)C#CC1=c2cc3ccccc3cc2=c2c1c1c3c(c4c(c5c3c2CCC5)C(C#C[Si](C)(C)C)=c2cc3ccccc3cc2=4)CCC1. The maximum Gasteiger partial charge on any atom is 0.129 e. The molecule has 4 aliphatic carbocycles. The fourth-order valence-corrected chi connectivity index (χ4v) is 10.4. The minimum Gasteiger partial charge on any atom is -0.127 e. The minimum absolute atomic E-state index is 1.12. The highest BCUT2D eigenvalue weighted by Gasteiger charge is 2.33. The first-order valence-electron chi connectivity index (χ1n) is 18.6. The first-order valence-corrected chi connectivity index (χ1v) is 25.6. The van der Waals surface area contributed by atoms with Crippen LogP contribution < -0.4 is 10.4 Å². The monoisotopic (exact) mass is 674 g/mol. The number of aryl methyl sites for hydroxylation is 4. The maximum absolute atomic E-state index is 3.90. The molecule has 0 bridgehead atoms. The molecule has 0 unspecified atom stereocenters. The first kappa shape index (κ1) is 30.2. The molecule has 0 spiro atoms. The van der Waals surface area contributed by atoms with Gasteiger partial charge in [0, 0.05) is 22.3 Å². The topological polar surface area (TPSA) is 0 Å². The van der Waals surface area contributed by atoms with Crippen LogP contribution in [0.15, 0.2) is 72.8 Å². The van der Waals surface area contributed by atoms with E-state index in [1.165, 1.54) is 88.0 Å². The molecule has 4 aliphatic rings. The molecule has 0 amide bonds. The van der Waals surface area contributed by atoms with Crippen LogP contribution in [0.1, 0.15) is 46.2 Å². The Kier molecular flexibility index (Phi) is 6.33. The van der Waals surface area contributed by atoms with Crippen molar-refractivity contribution in [2.45, 2.75) is 77.8 Å². The van der Waals surface area contributed by atoms with Gasteiger partial charge in [-0.15, -0.1) is 11.1 Å². The highest BCUT2D eigenvalue weighted by atomic mass is 28.3. The molecule has 0 N–H and O–H groups in total. The van der Waals surface area contributed by atoms with E-state index in [2.05, 4.69) is 135 Å². The highest BCUT2D eigenvalue weighted by molar-refractivity contribution is 6.84. The van der Waals surface area contributed by atoms with E-state index in [-0.39, 0.29) is 0 Å². The zero-order valence-corrected chi connectivity index (χ0v) is 32.2. The molecular weight excluding hydrogens is 633 g/mol. The molecular formula is C48H42Si2. The van der Waals surface area contributed by atoms with Gasteiger partial charge in [0.05, 0.1) is 0 Å². The Bertz CT molecular complexity index is 2840. The van der Waals surface area contributed by atoms with Crippen LogP contribution in [-0.4, -0.2) is 16.1 Å². The molecule has 50 heavy (non-hydrogen) atoms. The summed E-state index contributed by atoms with van der Waals surface area (Å²) in [4.78, 5) is 0. The van der Waals surface area contributed by atoms with Gasteiger partial charge in [-0.05, 0) is 149 Å². The van der Waals surface area contributed by atoms with Crippen molar-refractivity contribution >= 4 is 59.6 Å². The Labute approximate surface area is 296 Å². The van der Waals surface area contributed by atoms with E-state index < -0.39 is 16.1 Å². The van der Waals surface area contributed by atoms with Gasteiger partial charge in [0.25, 0.3) is 0 Å². The lowest BCUT2D eigenvalue weighted by Crippen LogP contribution is -2.18. The lowest BCUT2D eigenvalue weighted by molar-refractivity contribution is 0.777. The van der Waals surface area contributed by atoms with Crippen molar-refractivity contribution in [3.05, 3.63) is 137 Å². The summed E-state index contributed by atoms with van der Waals surface area (Å²) in [7, 11) is -3.24. The van der Waals surface area contributed by atoms with Gasteiger partial charge in [-0.25, -0.2) is 0 Å². The van der Waals surface area contributed by atoms with Crippen LogP contribution in [0.5, 0.6) is 0 Å². The van der Waals surface area contributed by atoms with E-state index in [0.717, 1.165) is 25.7 Å². The van der Waals surface area contributed by atoms with E-state index in [0.29, 0.717) is 0 Å². The van der Waals surface area contributed by atoms with Gasteiger partial charge in [-0.1, -0.05) is 99.7 Å². The average molecular weight is 675 g/mol. The fraction of sp³-hybridized carbons (Fsp3) is 0.250. The predicted octanol–water partition coefficient (Wildman–Crippen LogP) is 9.48. The second-order valence-corrected chi connectivity index (χ2v) is 26.6. The number of benzene rings is 6. The average Bonchev–Trinajstić information content (AvgIpc) is 3.59. The zero-order valence-electron chi connectivity index (χ0n) is 30.2. The summed E-state index contributed by atoms with van der Waals surface area (Å²) < 4.78 is 0. The van der Waals surface area contributed by atoms with Gasteiger partial charge < -0.3 is 0 Å². The van der Waals surface area contributed by atoms with Gasteiger partial charge in [0.15, 0.2) is 0 Å². The molecule has 10 rings (SSSR count). The van der Waals surface area contributed by atoms with Crippen molar-refractivity contribution in [1.82, 2.24) is 0 Å². The number of hydrogen-bond donors (Lipinski definition) is 0. The Balaban J connectivity index is 1.46. The molecule has 242 valence electrons. The summed E-state index contributed by atoms with van der Waals surface area (Å²) in [6.07, 6.45) is 6.83. The Morgan fingerprint density at radius 2 is 0.780 bits per heavy atom. The molecule has 0 radical (unpaired) electrons. The zero-order chi connectivity index (χ0) is 34.1. The molecule has 0 heterocycles. The van der Waals surface area contributed by atoms with Gasteiger partial charge in [-0.2, -0.15) is 0 Å². The maximum atomic E-state index is 3.90. The molecule has 6 aromatic rings. The molecule has 0 nitrogen and oxygen atoms in total. The van der Waals surface area contributed by atoms with Crippen LogP contribution in [0.2, 0.25) is 39.3 Å². The number of hydrogen-bond acceptors (Lipinski definition) is 0. The standard InChI is InChI=1S/C48H42Si2/c1-49(2,3)23-21-33-39-25-29-13-7-9-15-31(29)27-41(39)47-37-19-12-18-36-44-34(22-24-50(4,5)6)40-26-30-14-8-10-16-32(30)28-42(40)48(44)38-20-11-17-35(43(33)47)45(38)46(36)37/h7-10,13-16,25-28H,11-12,17-20H2,1-6H3. The quantitative estimate of drug-likeness (QED) is 0.111. The van der Waals surface area contributed by atoms with Crippen LogP contribution in [0.25, 0.3) is 43.5 Å². The van der Waals surface area contributed by atoms with Gasteiger partial charge in [0.2, 0.25) is 0 Å². The Hall–Kier alpha value is -4.61. The van der Waals surface area contributed by atoms with Crippen LogP contribution >= 0.6 is 0 Å². The van der Waals surface area contributed by atoms with E-state index in [1.807, 2.05) is 0 Å². The Morgan fingerprint density at radius 3 is 1.14 bits per heavy atom. The molecule has 0 saturated carbocycles. The van der Waals surface area contributed by atoms with Crippen molar-refractivity contribution in [3.63, 3.8) is 0 Å². The summed E-state index contributed by atoms with van der Waals surface area (Å²) in [6.45, 7) is 14.2. The third-order valence-electron chi connectivity index (χ3n) is 11.3. The van der Waals surface area contributed by atoms with Crippen molar-refractivity contribution in [3.8, 4) is 22.9 Å². The largest absolute Gasteiger partial charge is 0.129 e. The summed E-state index contributed by atoms with van der Waals surface area (Å²) in [6, 6.07) is 27.7. The third kappa shape index (κ3) is 4.38. The highest BCUT2D eigenvalue weighted by Crippen LogP contribution is 2.47. The fourth-order valence-electron chi connectivity index (χ4n) is 9.44. The van der Waals surface area contributed by atoms with Gasteiger partial charge in [0.1, 0.15) is 16.1 Å². The summed E-state index contributed by atoms with van der Waals surface area (Å²) in [5.41, 5.74) is 19.5. The normalized spacial score (nSPS) is 15.3. The minimum atomic E-state index is -1.62. The van der Waals surface area contributed by atoms with Crippen LogP contribution in [0.4, 0.5) is 0 Å². The first-order chi connectivity index (χ1) is 24.1. The van der Waals surface area contributed by atoms with Crippen LogP contribution in [0, 0.1) is 43.8 Å². The predicted molar refractivity (Wildman–Crippen MR) is 218 cm³/mol. The second kappa shape index (κ2) is 10.5. The van der Waals surface area contributed by atoms with Gasteiger partial charge >= 0.3 is 0 Å². The number of fused-ring (bicyclic) bond motifs is 10. The lowest BCUT2D eigenvalue weighted by atomic mass is 9.74. The Morgan fingerprint density at radius 1 is 0.440 bits per heavy atom. The van der Waals surface area contributed by atoms with E-state index in [9.17, 15) is 0 Å². The number of rotatable bonds is 0. The third-order valence-corrected chi connectivity index (χ3v) is 13.1. The van der Waals surface area contributed by atoms with E-state index in [1.54, 1.807) is 33.0 Å². The second-order valence-electron chi connectivity index (χ2n) is 17.1.